The second kappa shape index (κ2) is 6.09. The fourth-order valence-electron chi connectivity index (χ4n) is 2.58. The zero-order valence-corrected chi connectivity index (χ0v) is 14.4. The molecule has 0 saturated heterocycles. The van der Waals surface area contributed by atoms with Gasteiger partial charge < -0.3 is 9.88 Å². The molecule has 0 spiro atoms. The molecule has 2 rings (SSSR count). The summed E-state index contributed by atoms with van der Waals surface area (Å²) >= 11 is 0. The number of ketones is 1. The number of hydrogen-bond donors (Lipinski definition) is 1. The van der Waals surface area contributed by atoms with E-state index in [-0.39, 0.29) is 11.3 Å². The molecule has 0 aliphatic rings. The molecule has 0 aliphatic carbocycles. The van der Waals surface area contributed by atoms with Crippen LogP contribution in [-0.2, 0) is 0 Å². The molecular weight excluding hydrogens is 272 g/mol. The Morgan fingerprint density at radius 3 is 2.23 bits per heavy atom. The molecule has 0 unspecified atom stereocenters. The predicted octanol–water partition coefficient (Wildman–Crippen LogP) is 3.97. The number of Topliss-reactive ketones (excluding diaryl/α,β-unsaturated/α-hetero) is 1. The van der Waals surface area contributed by atoms with Crippen LogP contribution in [0.15, 0.2) is 30.3 Å². The maximum atomic E-state index is 12.5. The Hall–Kier alpha value is -1.87. The standard InChI is InChI=1S/C19H26N2O/c1-13-7-9-16(10-8-13)21-14(2)11-17(15(21)3)18(22)12-20-19(4,5)6/h7-11,20H,12H2,1-6H3. The van der Waals surface area contributed by atoms with Gasteiger partial charge in [-0.2, -0.15) is 0 Å². The van der Waals surface area contributed by atoms with Crippen molar-refractivity contribution in [3.05, 3.63) is 52.8 Å². The lowest BCUT2D eigenvalue weighted by molar-refractivity contribution is 0.0981. The van der Waals surface area contributed by atoms with Gasteiger partial charge in [0.1, 0.15) is 0 Å². The zero-order chi connectivity index (χ0) is 16.5. The highest BCUT2D eigenvalue weighted by Crippen LogP contribution is 2.21. The van der Waals surface area contributed by atoms with Crippen molar-refractivity contribution in [3.8, 4) is 5.69 Å². The lowest BCUT2D eigenvalue weighted by Crippen LogP contribution is -2.39. The largest absolute Gasteiger partial charge is 0.318 e. The minimum absolute atomic E-state index is 0.0574. The Morgan fingerprint density at radius 2 is 1.68 bits per heavy atom. The zero-order valence-electron chi connectivity index (χ0n) is 14.4. The summed E-state index contributed by atoms with van der Waals surface area (Å²) in [6.45, 7) is 12.7. The van der Waals surface area contributed by atoms with Gasteiger partial charge in [0, 0.05) is 28.2 Å². The number of carbonyl (C=O) groups excluding carboxylic acids is 1. The van der Waals surface area contributed by atoms with E-state index in [0.29, 0.717) is 6.54 Å². The quantitative estimate of drug-likeness (QED) is 0.867. The van der Waals surface area contributed by atoms with Crippen molar-refractivity contribution in [2.24, 2.45) is 0 Å². The molecule has 0 aliphatic heterocycles. The van der Waals surface area contributed by atoms with Gasteiger partial charge in [0.15, 0.2) is 5.78 Å². The number of rotatable bonds is 4. The molecule has 0 fully saturated rings. The van der Waals surface area contributed by atoms with E-state index in [4.69, 9.17) is 0 Å². The Kier molecular flexibility index (Phi) is 4.57. The summed E-state index contributed by atoms with van der Waals surface area (Å²) < 4.78 is 2.14. The Balaban J connectivity index is 2.31. The van der Waals surface area contributed by atoms with Crippen LogP contribution in [0.4, 0.5) is 0 Å². The molecule has 2 aromatic rings. The molecular formula is C19H26N2O. The van der Waals surface area contributed by atoms with Crippen LogP contribution in [0.2, 0.25) is 0 Å². The molecule has 3 nitrogen and oxygen atoms in total. The summed E-state index contributed by atoms with van der Waals surface area (Å²) in [7, 11) is 0. The van der Waals surface area contributed by atoms with Crippen molar-refractivity contribution in [2.45, 2.75) is 47.1 Å². The van der Waals surface area contributed by atoms with Gasteiger partial charge in [-0.05, 0) is 59.7 Å². The molecule has 1 heterocycles. The SMILES string of the molecule is Cc1ccc(-n2c(C)cc(C(=O)CNC(C)(C)C)c2C)cc1. The average Bonchev–Trinajstić information content (AvgIpc) is 2.72. The molecule has 3 heteroatoms. The summed E-state index contributed by atoms with van der Waals surface area (Å²) in [6, 6.07) is 10.4. The summed E-state index contributed by atoms with van der Waals surface area (Å²) in [5.41, 5.74) is 5.16. The molecule has 0 atom stereocenters. The second-order valence-corrected chi connectivity index (χ2v) is 6.98. The van der Waals surface area contributed by atoms with E-state index in [2.05, 4.69) is 61.8 Å². The maximum Gasteiger partial charge on any atom is 0.178 e. The van der Waals surface area contributed by atoms with Crippen LogP contribution < -0.4 is 5.32 Å². The van der Waals surface area contributed by atoms with Crippen LogP contribution in [0.25, 0.3) is 5.69 Å². The van der Waals surface area contributed by atoms with E-state index < -0.39 is 0 Å². The second-order valence-electron chi connectivity index (χ2n) is 6.98. The molecule has 0 amide bonds. The van der Waals surface area contributed by atoms with Gasteiger partial charge in [-0.15, -0.1) is 0 Å². The molecule has 1 N–H and O–H groups in total. The van der Waals surface area contributed by atoms with Gasteiger partial charge in [0.05, 0.1) is 6.54 Å². The van der Waals surface area contributed by atoms with Gasteiger partial charge in [-0.1, -0.05) is 17.7 Å². The number of nitrogens with one attached hydrogen (secondary N) is 1. The number of carbonyl (C=O) groups is 1. The van der Waals surface area contributed by atoms with E-state index in [1.807, 2.05) is 19.9 Å². The first-order chi connectivity index (χ1) is 10.2. The Morgan fingerprint density at radius 1 is 1.09 bits per heavy atom. The third-order valence-electron chi connectivity index (χ3n) is 3.80. The van der Waals surface area contributed by atoms with E-state index in [1.54, 1.807) is 0 Å². The van der Waals surface area contributed by atoms with Gasteiger partial charge in [0.2, 0.25) is 0 Å². The highest BCUT2D eigenvalue weighted by Gasteiger charge is 2.18. The smallest absolute Gasteiger partial charge is 0.178 e. The lowest BCUT2D eigenvalue weighted by Gasteiger charge is -2.19. The average molecular weight is 298 g/mol. The maximum absolute atomic E-state index is 12.5. The van der Waals surface area contributed by atoms with Crippen molar-refractivity contribution >= 4 is 5.78 Å². The van der Waals surface area contributed by atoms with Crippen LogP contribution in [0.5, 0.6) is 0 Å². The van der Waals surface area contributed by atoms with E-state index in [9.17, 15) is 4.79 Å². The van der Waals surface area contributed by atoms with Crippen molar-refractivity contribution in [1.82, 2.24) is 9.88 Å². The number of hydrogen-bond acceptors (Lipinski definition) is 2. The normalized spacial score (nSPS) is 11.7. The van der Waals surface area contributed by atoms with Gasteiger partial charge in [0.25, 0.3) is 0 Å². The van der Waals surface area contributed by atoms with Crippen molar-refractivity contribution in [1.29, 1.82) is 0 Å². The summed E-state index contributed by atoms with van der Waals surface area (Å²) in [4.78, 5) is 12.5. The van der Waals surface area contributed by atoms with Crippen LogP contribution >= 0.6 is 0 Å². The number of benzene rings is 1. The fourth-order valence-corrected chi connectivity index (χ4v) is 2.58. The van der Waals surface area contributed by atoms with Crippen LogP contribution in [-0.4, -0.2) is 22.4 Å². The van der Waals surface area contributed by atoms with Crippen LogP contribution in [0.3, 0.4) is 0 Å². The number of aromatic nitrogens is 1. The van der Waals surface area contributed by atoms with Gasteiger partial charge in [-0.3, -0.25) is 4.79 Å². The Labute approximate surface area is 133 Å². The minimum atomic E-state index is -0.0574. The highest BCUT2D eigenvalue weighted by molar-refractivity contribution is 5.99. The fraction of sp³-hybridized carbons (Fsp3) is 0.421. The molecule has 1 aromatic heterocycles. The monoisotopic (exact) mass is 298 g/mol. The van der Waals surface area contributed by atoms with Crippen LogP contribution in [0, 0.1) is 20.8 Å². The summed E-state index contributed by atoms with van der Waals surface area (Å²) in [5.74, 6) is 0.140. The molecule has 0 bridgehead atoms. The molecule has 0 radical (unpaired) electrons. The number of aryl methyl sites for hydroxylation is 2. The van der Waals surface area contributed by atoms with Crippen molar-refractivity contribution in [3.63, 3.8) is 0 Å². The predicted molar refractivity (Wildman–Crippen MR) is 92.1 cm³/mol. The molecule has 22 heavy (non-hydrogen) atoms. The van der Waals surface area contributed by atoms with E-state index in [1.165, 1.54) is 5.56 Å². The minimum Gasteiger partial charge on any atom is -0.318 e. The highest BCUT2D eigenvalue weighted by atomic mass is 16.1. The topological polar surface area (TPSA) is 34.0 Å². The first kappa shape index (κ1) is 16.5. The van der Waals surface area contributed by atoms with Gasteiger partial charge in [-0.25, -0.2) is 0 Å². The first-order valence-corrected chi connectivity index (χ1v) is 7.73. The Bertz CT molecular complexity index is 673. The third-order valence-corrected chi connectivity index (χ3v) is 3.80. The van der Waals surface area contributed by atoms with Crippen LogP contribution in [0.1, 0.15) is 48.1 Å². The number of nitrogens with zero attached hydrogens (tertiary/aromatic N) is 1. The lowest BCUT2D eigenvalue weighted by atomic mass is 10.1. The van der Waals surface area contributed by atoms with E-state index in [0.717, 1.165) is 22.6 Å². The first-order valence-electron chi connectivity index (χ1n) is 7.73. The van der Waals surface area contributed by atoms with E-state index >= 15 is 0 Å². The third kappa shape index (κ3) is 3.66. The molecule has 0 saturated carbocycles. The molecule has 118 valence electrons. The van der Waals surface area contributed by atoms with Crippen molar-refractivity contribution < 1.29 is 4.79 Å². The van der Waals surface area contributed by atoms with Crippen molar-refractivity contribution in [2.75, 3.05) is 6.54 Å². The summed E-state index contributed by atoms with van der Waals surface area (Å²) in [6.07, 6.45) is 0. The van der Waals surface area contributed by atoms with Gasteiger partial charge >= 0.3 is 0 Å². The molecule has 1 aromatic carbocycles. The summed E-state index contributed by atoms with van der Waals surface area (Å²) in [5, 5.41) is 3.26.